The van der Waals surface area contributed by atoms with Crippen LogP contribution in [0.3, 0.4) is 0 Å². The number of hydrazone groups is 2. The van der Waals surface area contributed by atoms with Crippen molar-refractivity contribution in [3.8, 4) is 34.0 Å². The summed E-state index contributed by atoms with van der Waals surface area (Å²) in [5.74, 6) is 1.21. The van der Waals surface area contributed by atoms with Crippen molar-refractivity contribution in [2.75, 3.05) is 48.0 Å². The Labute approximate surface area is 407 Å². The molecule has 70 heavy (non-hydrogen) atoms. The Kier molecular flexibility index (Phi) is 10.8. The molecule has 0 bridgehead atoms. The van der Waals surface area contributed by atoms with Crippen LogP contribution in [0.15, 0.2) is 213 Å². The van der Waals surface area contributed by atoms with E-state index in [1.54, 1.807) is 0 Å². The van der Waals surface area contributed by atoms with E-state index >= 15 is 0 Å². The first-order chi connectivity index (χ1) is 34.3. The smallest absolute Gasteiger partial charge is 0.227 e. The van der Waals surface area contributed by atoms with Gasteiger partial charge in [-0.2, -0.15) is 10.2 Å². The van der Waals surface area contributed by atoms with Crippen LogP contribution in [-0.4, -0.2) is 49.6 Å². The van der Waals surface area contributed by atoms with Gasteiger partial charge in [-0.1, -0.05) is 97.1 Å². The molecule has 0 spiro atoms. The standard InChI is InChI=1S/C60H50N8O2/c1-65(2)47-29-21-41(22-30-47)53-37-55(67(63-53)49-33-25-45(26-34-49)59-61-51-9-5-7-11-57(51)69-59)43-17-13-39(14-18-43)40-15-19-44(20-16-40)56-38-54(42-23-31-48(32-24-42)66(3)4)64-68(56)50-35-27-46(28-36-50)60-62-52-10-6-8-12-58(52)70-60/h5-36,55-56H,37-38H2,1-4H3. The van der Waals surface area contributed by atoms with Gasteiger partial charge in [-0.15, -0.1) is 0 Å². The van der Waals surface area contributed by atoms with Crippen molar-refractivity contribution in [3.05, 3.63) is 216 Å². The highest BCUT2D eigenvalue weighted by Crippen LogP contribution is 2.41. The monoisotopic (exact) mass is 914 g/mol. The van der Waals surface area contributed by atoms with Crippen molar-refractivity contribution in [3.63, 3.8) is 0 Å². The summed E-state index contributed by atoms with van der Waals surface area (Å²) < 4.78 is 12.2. The van der Waals surface area contributed by atoms with Crippen molar-refractivity contribution in [1.29, 1.82) is 0 Å². The maximum Gasteiger partial charge on any atom is 0.227 e. The van der Waals surface area contributed by atoms with E-state index in [0.29, 0.717) is 11.8 Å². The van der Waals surface area contributed by atoms with Gasteiger partial charge in [-0.05, 0) is 130 Å². The molecule has 2 atom stereocenters. The lowest BCUT2D eigenvalue weighted by Gasteiger charge is -2.25. The predicted octanol–water partition coefficient (Wildman–Crippen LogP) is 13.8. The molecule has 12 rings (SSSR count). The highest BCUT2D eigenvalue weighted by molar-refractivity contribution is 6.04. The van der Waals surface area contributed by atoms with Gasteiger partial charge in [0.15, 0.2) is 11.2 Å². The van der Waals surface area contributed by atoms with Crippen molar-refractivity contribution in [2.24, 2.45) is 10.2 Å². The lowest BCUT2D eigenvalue weighted by molar-refractivity contribution is 0.619. The fraction of sp³-hybridized carbons (Fsp3) is 0.133. The van der Waals surface area contributed by atoms with Gasteiger partial charge in [0.25, 0.3) is 0 Å². The molecular weight excluding hydrogens is 865 g/mol. The molecule has 0 aliphatic carbocycles. The molecule has 10 heteroatoms. The van der Waals surface area contributed by atoms with Crippen LogP contribution < -0.4 is 19.8 Å². The summed E-state index contributed by atoms with van der Waals surface area (Å²) in [5, 5.41) is 14.9. The summed E-state index contributed by atoms with van der Waals surface area (Å²) in [6.45, 7) is 0. The third kappa shape index (κ3) is 8.13. The zero-order valence-corrected chi connectivity index (χ0v) is 39.4. The number of fused-ring (bicyclic) bond motifs is 2. The highest BCUT2D eigenvalue weighted by Gasteiger charge is 2.32. The van der Waals surface area contributed by atoms with Crippen LogP contribution in [-0.2, 0) is 0 Å². The quantitative estimate of drug-likeness (QED) is 0.127. The summed E-state index contributed by atoms with van der Waals surface area (Å²) in [4.78, 5) is 13.7. The summed E-state index contributed by atoms with van der Waals surface area (Å²) in [7, 11) is 8.25. The Morgan fingerprint density at radius 1 is 0.386 bits per heavy atom. The van der Waals surface area contributed by atoms with Gasteiger partial charge in [0, 0.05) is 63.5 Å². The molecule has 4 heterocycles. The molecule has 2 aliphatic rings. The number of oxazole rings is 2. The van der Waals surface area contributed by atoms with E-state index in [1.807, 2.05) is 48.5 Å². The number of rotatable bonds is 11. The fourth-order valence-corrected chi connectivity index (χ4v) is 9.57. The zero-order valence-electron chi connectivity index (χ0n) is 39.4. The van der Waals surface area contributed by atoms with Crippen LogP contribution in [0, 0.1) is 0 Å². The van der Waals surface area contributed by atoms with E-state index in [9.17, 15) is 0 Å². The summed E-state index contributed by atoms with van der Waals surface area (Å²) >= 11 is 0. The summed E-state index contributed by atoms with van der Waals surface area (Å²) in [5.41, 5.74) is 18.4. The largest absolute Gasteiger partial charge is 0.436 e. The van der Waals surface area contributed by atoms with Crippen molar-refractivity contribution >= 4 is 56.4 Å². The molecule has 2 unspecified atom stereocenters. The molecule has 8 aromatic carbocycles. The average molecular weight is 915 g/mol. The van der Waals surface area contributed by atoms with E-state index in [4.69, 9.17) is 29.0 Å². The minimum atomic E-state index is 0.000742. The topological polar surface area (TPSA) is 89.7 Å². The van der Waals surface area contributed by atoms with Gasteiger partial charge in [-0.25, -0.2) is 9.97 Å². The number of hydrogen-bond donors (Lipinski definition) is 0. The zero-order chi connectivity index (χ0) is 47.3. The Hall–Kier alpha value is -8.76. The van der Waals surface area contributed by atoms with Crippen LogP contribution in [0.2, 0.25) is 0 Å². The first-order valence-electron chi connectivity index (χ1n) is 23.7. The second-order valence-corrected chi connectivity index (χ2v) is 18.4. The number of anilines is 4. The number of para-hydroxylation sites is 4. The SMILES string of the molecule is CN(C)c1ccc(C2=NN(c3ccc(-c4nc5ccccc5o4)cc3)C(c3ccc(-c4ccc(C5CC(c6ccc(N(C)C)cc6)=NN5c5ccc(-c6nc7ccccc7o6)cc5)cc4)cc3)C2)cc1. The maximum absolute atomic E-state index is 6.10. The third-order valence-electron chi connectivity index (χ3n) is 13.5. The number of nitrogens with zero attached hydrogens (tertiary/aromatic N) is 8. The third-order valence-corrected chi connectivity index (χ3v) is 13.5. The van der Waals surface area contributed by atoms with E-state index in [2.05, 4.69) is 194 Å². The first kappa shape index (κ1) is 42.6. The van der Waals surface area contributed by atoms with Gasteiger partial charge in [0.2, 0.25) is 11.8 Å². The van der Waals surface area contributed by atoms with Crippen molar-refractivity contribution in [1.82, 2.24) is 9.97 Å². The molecule has 0 N–H and O–H groups in total. The molecular formula is C60H50N8O2. The number of aromatic nitrogens is 2. The molecule has 10 nitrogen and oxygen atoms in total. The molecule has 0 saturated carbocycles. The van der Waals surface area contributed by atoms with Gasteiger partial charge in [0.1, 0.15) is 11.0 Å². The maximum atomic E-state index is 6.10. The van der Waals surface area contributed by atoms with E-state index < -0.39 is 0 Å². The lowest BCUT2D eigenvalue weighted by atomic mass is 9.94. The van der Waals surface area contributed by atoms with Crippen LogP contribution >= 0.6 is 0 Å². The minimum Gasteiger partial charge on any atom is -0.436 e. The fourth-order valence-electron chi connectivity index (χ4n) is 9.57. The minimum absolute atomic E-state index is 0.000742. The molecule has 342 valence electrons. The second-order valence-electron chi connectivity index (χ2n) is 18.4. The van der Waals surface area contributed by atoms with Gasteiger partial charge >= 0.3 is 0 Å². The summed E-state index contributed by atoms with van der Waals surface area (Å²) in [6, 6.07) is 67.8. The van der Waals surface area contributed by atoms with Gasteiger partial charge in [-0.3, -0.25) is 10.0 Å². The average Bonchev–Trinajstić information content (AvgIpc) is 4.24. The van der Waals surface area contributed by atoms with E-state index in [0.717, 1.165) is 103 Å². The van der Waals surface area contributed by atoms with Crippen LogP contribution in [0.25, 0.3) is 56.2 Å². The molecule has 2 aliphatic heterocycles. The molecule has 10 aromatic rings. The molecule has 2 aromatic heterocycles. The molecule has 0 radical (unpaired) electrons. The Bertz CT molecular complexity index is 3230. The van der Waals surface area contributed by atoms with Crippen LogP contribution in [0.4, 0.5) is 22.7 Å². The molecule has 0 amide bonds. The lowest BCUT2D eigenvalue weighted by Crippen LogP contribution is -2.18. The van der Waals surface area contributed by atoms with Gasteiger partial charge < -0.3 is 18.6 Å². The number of benzene rings is 8. The molecule has 0 saturated heterocycles. The van der Waals surface area contributed by atoms with E-state index in [-0.39, 0.29) is 12.1 Å². The predicted molar refractivity (Wildman–Crippen MR) is 285 cm³/mol. The Morgan fingerprint density at radius 3 is 1.09 bits per heavy atom. The summed E-state index contributed by atoms with van der Waals surface area (Å²) in [6.07, 6.45) is 1.53. The van der Waals surface area contributed by atoms with E-state index in [1.165, 1.54) is 11.1 Å². The van der Waals surface area contributed by atoms with Crippen LogP contribution in [0.5, 0.6) is 0 Å². The second kappa shape index (κ2) is 17.7. The Morgan fingerprint density at radius 2 is 0.729 bits per heavy atom. The molecule has 0 fully saturated rings. The highest BCUT2D eigenvalue weighted by atomic mass is 16.4. The van der Waals surface area contributed by atoms with Crippen molar-refractivity contribution < 1.29 is 8.83 Å². The van der Waals surface area contributed by atoms with Crippen molar-refractivity contribution in [2.45, 2.75) is 24.9 Å². The van der Waals surface area contributed by atoms with Crippen LogP contribution in [0.1, 0.15) is 47.2 Å². The first-order valence-corrected chi connectivity index (χ1v) is 23.7. The number of hydrogen-bond acceptors (Lipinski definition) is 10. The Balaban J connectivity index is 0.812. The van der Waals surface area contributed by atoms with Gasteiger partial charge in [0.05, 0.1) is 34.9 Å². The normalized spacial score (nSPS) is 15.7.